The highest BCUT2D eigenvalue weighted by molar-refractivity contribution is 7.87. The zero-order valence-corrected chi connectivity index (χ0v) is 14.8. The summed E-state index contributed by atoms with van der Waals surface area (Å²) in [5.74, 6) is -0.713. The quantitative estimate of drug-likeness (QED) is 0.319. The van der Waals surface area contributed by atoms with Gasteiger partial charge in [0.2, 0.25) is 6.54 Å². The van der Waals surface area contributed by atoms with Crippen LogP contribution in [0.15, 0.2) is 65.6 Å². The summed E-state index contributed by atoms with van der Waals surface area (Å²) in [6.07, 6.45) is 0. The Balaban J connectivity index is 2.23. The third-order valence-electron chi connectivity index (χ3n) is 3.69. The molecule has 0 radical (unpaired) electrons. The van der Waals surface area contributed by atoms with Gasteiger partial charge < -0.3 is 4.18 Å². The number of nitriles is 1. The maximum absolute atomic E-state index is 12.3. The second kappa shape index (κ2) is 7.80. The molecular weight excluding hydrogens is 356 g/mol. The summed E-state index contributed by atoms with van der Waals surface area (Å²) in [5, 5.41) is 19.7. The van der Waals surface area contributed by atoms with E-state index in [9.17, 15) is 18.5 Å². The number of nitro groups is 1. The largest absolute Gasteiger partial charge is 0.379 e. The number of nitrogens with zero attached hydrogens (tertiary/aromatic N) is 2. The predicted molar refractivity (Wildman–Crippen MR) is 94.8 cm³/mol. The molecule has 0 N–H and O–H groups in total. The van der Waals surface area contributed by atoms with Crippen LogP contribution in [0.4, 0.5) is 0 Å². The molecule has 0 fully saturated rings. The molecule has 1 atom stereocenters. The lowest BCUT2D eigenvalue weighted by atomic mass is 9.93. The Bertz CT molecular complexity index is 958. The molecule has 0 aliphatic rings. The van der Waals surface area contributed by atoms with Gasteiger partial charge >= 0.3 is 10.1 Å². The van der Waals surface area contributed by atoms with E-state index < -0.39 is 27.5 Å². The van der Waals surface area contributed by atoms with Crippen molar-refractivity contribution in [1.29, 1.82) is 5.26 Å². The third kappa shape index (κ3) is 4.68. The minimum atomic E-state index is -3.98. The molecule has 0 aromatic heterocycles. The molecule has 134 valence electrons. The minimum Gasteiger partial charge on any atom is -0.379 e. The van der Waals surface area contributed by atoms with Crippen molar-refractivity contribution in [3.8, 4) is 11.8 Å². The molecule has 2 aromatic carbocycles. The Morgan fingerprint density at radius 3 is 2.31 bits per heavy atom. The van der Waals surface area contributed by atoms with Crippen LogP contribution < -0.4 is 4.18 Å². The predicted octanol–water partition coefficient (Wildman–Crippen LogP) is 3.20. The van der Waals surface area contributed by atoms with Crippen molar-refractivity contribution in [2.24, 2.45) is 0 Å². The van der Waals surface area contributed by atoms with E-state index in [1.54, 1.807) is 12.1 Å². The SMILES string of the molecule is C=C(C#N)C(C[N+](=O)[O-])c1ccc(OS(=O)(=O)c2ccc(C)cc2)cc1. The molecular formula is C18H16N2O5S. The maximum atomic E-state index is 12.3. The highest BCUT2D eigenvalue weighted by atomic mass is 32.2. The molecule has 2 aromatic rings. The first kappa shape index (κ1) is 19.1. The van der Waals surface area contributed by atoms with Crippen LogP contribution in [0, 0.1) is 28.4 Å². The van der Waals surface area contributed by atoms with E-state index in [0.29, 0.717) is 5.56 Å². The molecule has 7 nitrogen and oxygen atoms in total. The molecule has 0 saturated heterocycles. The van der Waals surface area contributed by atoms with E-state index in [1.807, 2.05) is 13.0 Å². The van der Waals surface area contributed by atoms with E-state index in [4.69, 9.17) is 9.44 Å². The van der Waals surface area contributed by atoms with Gasteiger partial charge in [-0.25, -0.2) is 0 Å². The summed E-state index contributed by atoms with van der Waals surface area (Å²) < 4.78 is 29.6. The number of benzene rings is 2. The van der Waals surface area contributed by atoms with Crippen molar-refractivity contribution in [3.63, 3.8) is 0 Å². The Kier molecular flexibility index (Phi) is 5.75. The van der Waals surface area contributed by atoms with Crippen molar-refractivity contribution in [1.82, 2.24) is 0 Å². The fraction of sp³-hybridized carbons (Fsp3) is 0.167. The maximum Gasteiger partial charge on any atom is 0.339 e. The van der Waals surface area contributed by atoms with Crippen molar-refractivity contribution in [3.05, 3.63) is 81.9 Å². The minimum absolute atomic E-state index is 0.0243. The van der Waals surface area contributed by atoms with E-state index in [0.717, 1.165) is 5.56 Å². The Hall–Kier alpha value is -3.18. The van der Waals surface area contributed by atoms with Crippen LogP contribution in [-0.4, -0.2) is 19.9 Å². The van der Waals surface area contributed by atoms with E-state index in [2.05, 4.69) is 6.58 Å². The van der Waals surface area contributed by atoms with Crippen LogP contribution in [0.5, 0.6) is 5.75 Å². The third-order valence-corrected chi connectivity index (χ3v) is 4.96. The average molecular weight is 372 g/mol. The number of hydrogen-bond donors (Lipinski definition) is 0. The second-order valence-electron chi connectivity index (χ2n) is 5.62. The molecule has 26 heavy (non-hydrogen) atoms. The van der Waals surface area contributed by atoms with Gasteiger partial charge in [0.05, 0.1) is 12.0 Å². The van der Waals surface area contributed by atoms with Gasteiger partial charge in [0, 0.05) is 10.5 Å². The monoisotopic (exact) mass is 372 g/mol. The van der Waals surface area contributed by atoms with Crippen LogP contribution in [0.25, 0.3) is 0 Å². The van der Waals surface area contributed by atoms with Crippen molar-refractivity contribution in [2.75, 3.05) is 6.54 Å². The fourth-order valence-corrected chi connectivity index (χ4v) is 3.21. The lowest BCUT2D eigenvalue weighted by Crippen LogP contribution is -2.14. The summed E-state index contributed by atoms with van der Waals surface area (Å²) in [6.45, 7) is 4.90. The first-order valence-corrected chi connectivity index (χ1v) is 8.95. The Labute approximate surface area is 151 Å². The van der Waals surface area contributed by atoms with Crippen LogP contribution in [-0.2, 0) is 10.1 Å². The zero-order valence-electron chi connectivity index (χ0n) is 14.0. The number of rotatable bonds is 7. The molecule has 2 rings (SSSR count). The van der Waals surface area contributed by atoms with Crippen molar-refractivity contribution in [2.45, 2.75) is 17.7 Å². The highest BCUT2D eigenvalue weighted by Gasteiger charge is 2.22. The van der Waals surface area contributed by atoms with E-state index in [-0.39, 0.29) is 16.2 Å². The highest BCUT2D eigenvalue weighted by Crippen LogP contribution is 2.26. The lowest BCUT2D eigenvalue weighted by Gasteiger charge is -2.12. The second-order valence-corrected chi connectivity index (χ2v) is 7.17. The van der Waals surface area contributed by atoms with Crippen molar-refractivity contribution < 1.29 is 17.5 Å². The van der Waals surface area contributed by atoms with Gasteiger partial charge in [0.15, 0.2) is 0 Å². The molecule has 0 heterocycles. The normalized spacial score (nSPS) is 12.0. The van der Waals surface area contributed by atoms with Crippen molar-refractivity contribution >= 4 is 10.1 Å². The van der Waals surface area contributed by atoms with Crippen LogP contribution >= 0.6 is 0 Å². The summed E-state index contributed by atoms with van der Waals surface area (Å²) >= 11 is 0. The lowest BCUT2D eigenvalue weighted by molar-refractivity contribution is -0.481. The molecule has 0 saturated carbocycles. The summed E-state index contributed by atoms with van der Waals surface area (Å²) in [7, 11) is -3.98. The standard InChI is InChI=1S/C18H16N2O5S/c1-13-3-9-17(10-4-13)26(23,24)25-16-7-5-15(6-8-16)18(12-20(21)22)14(2)11-19/h3-10,18H,2,12H2,1H3. The zero-order chi connectivity index (χ0) is 19.3. The Morgan fingerprint density at radius 1 is 1.23 bits per heavy atom. The molecule has 0 amide bonds. The van der Waals surface area contributed by atoms with Gasteiger partial charge in [-0.3, -0.25) is 10.1 Å². The summed E-state index contributed by atoms with van der Waals surface area (Å²) in [4.78, 5) is 10.3. The molecule has 0 bridgehead atoms. The van der Waals surface area contributed by atoms with E-state index >= 15 is 0 Å². The smallest absolute Gasteiger partial charge is 0.339 e. The molecule has 1 unspecified atom stereocenters. The van der Waals surface area contributed by atoms with Gasteiger partial charge in [0.25, 0.3) is 0 Å². The summed E-state index contributed by atoms with van der Waals surface area (Å²) in [5.41, 5.74) is 1.46. The first-order chi connectivity index (χ1) is 12.2. The Morgan fingerprint density at radius 2 is 1.81 bits per heavy atom. The molecule has 0 aliphatic heterocycles. The fourth-order valence-electron chi connectivity index (χ4n) is 2.28. The van der Waals surface area contributed by atoms with Crippen LogP contribution in [0.2, 0.25) is 0 Å². The number of hydrogen-bond acceptors (Lipinski definition) is 6. The average Bonchev–Trinajstić information content (AvgIpc) is 2.60. The molecule has 0 spiro atoms. The summed E-state index contributed by atoms with van der Waals surface area (Å²) in [6, 6.07) is 13.8. The van der Waals surface area contributed by atoms with Crippen LogP contribution in [0.3, 0.4) is 0 Å². The van der Waals surface area contributed by atoms with E-state index in [1.165, 1.54) is 36.4 Å². The van der Waals surface area contributed by atoms with Gasteiger partial charge in [-0.1, -0.05) is 36.4 Å². The number of aryl methyl sites for hydroxylation is 1. The molecule has 0 aliphatic carbocycles. The van der Waals surface area contributed by atoms with Gasteiger partial charge in [-0.2, -0.15) is 13.7 Å². The van der Waals surface area contributed by atoms with Crippen LogP contribution in [0.1, 0.15) is 17.0 Å². The topological polar surface area (TPSA) is 110 Å². The van der Waals surface area contributed by atoms with Gasteiger partial charge in [0.1, 0.15) is 10.6 Å². The van der Waals surface area contributed by atoms with Gasteiger partial charge in [-0.05, 0) is 36.8 Å². The molecule has 8 heteroatoms. The first-order valence-electron chi connectivity index (χ1n) is 7.55. The van der Waals surface area contributed by atoms with Gasteiger partial charge in [-0.15, -0.1) is 0 Å².